The maximum absolute atomic E-state index is 14.1. The zero-order chi connectivity index (χ0) is 27.5. The molecule has 0 unspecified atom stereocenters. The lowest BCUT2D eigenvalue weighted by Crippen LogP contribution is -2.87. The number of carbonyl (C=O) groups excluding carboxylic acids is 3. The van der Waals surface area contributed by atoms with Gasteiger partial charge in [0.1, 0.15) is 5.60 Å². The number of hydrogen-bond acceptors (Lipinski definition) is 9. The number of ketones is 1. The molecule has 10 heteroatoms. The topological polar surface area (TPSA) is 140 Å². The molecule has 1 saturated heterocycles. The average Bonchev–Trinajstić information content (AvgIpc) is 2.75. The number of rotatable bonds is 6. The Kier molecular flexibility index (Phi) is 8.04. The second-order valence-electron chi connectivity index (χ2n) is 12.0. The van der Waals surface area contributed by atoms with Gasteiger partial charge >= 0.3 is 11.9 Å². The summed E-state index contributed by atoms with van der Waals surface area (Å²) in [5, 5.41) is 35.5. The number of halogens is 1. The smallest absolute Gasteiger partial charge is 0.305 e. The monoisotopic (exact) mass is 624 g/mol. The predicted octanol–water partition coefficient (Wildman–Crippen LogP) is 2.48. The van der Waals surface area contributed by atoms with Crippen LogP contribution in [0.5, 0.6) is 0 Å². The molecular weight excluding hydrogens is 583 g/mol. The van der Waals surface area contributed by atoms with Crippen LogP contribution in [0.1, 0.15) is 80.6 Å². The molecule has 1 aliphatic heterocycles. The molecule has 3 aliphatic rings. The SMILES string of the molecule is CCOC(=O)CC[C@@H](I)[C@@]1(C)CC(=O)[C@]2(O)[C@@]3(C)[C@@H](O)CCC(C)(C)[C@@H]3[C@H](O)[C@H](OC(C)=O)[C@@]2(C)O1. The summed E-state index contributed by atoms with van der Waals surface area (Å²) in [7, 11) is 0. The molecular formula is C26H41IO9. The quantitative estimate of drug-likeness (QED) is 0.231. The number of alkyl halides is 1. The van der Waals surface area contributed by atoms with Crippen molar-refractivity contribution in [2.45, 2.75) is 120 Å². The Morgan fingerprint density at radius 3 is 2.36 bits per heavy atom. The first kappa shape index (κ1) is 29.7. The molecule has 0 aromatic carbocycles. The highest BCUT2D eigenvalue weighted by molar-refractivity contribution is 14.1. The van der Waals surface area contributed by atoms with Crippen LogP contribution in [0, 0.1) is 16.7 Å². The molecule has 0 spiro atoms. The van der Waals surface area contributed by atoms with E-state index in [-0.39, 0.29) is 29.3 Å². The largest absolute Gasteiger partial charge is 0.466 e. The molecule has 0 amide bonds. The van der Waals surface area contributed by atoms with Crippen LogP contribution in [0.3, 0.4) is 0 Å². The van der Waals surface area contributed by atoms with Crippen molar-refractivity contribution in [1.82, 2.24) is 0 Å². The lowest BCUT2D eigenvalue weighted by Gasteiger charge is -2.71. The molecule has 9 nitrogen and oxygen atoms in total. The van der Waals surface area contributed by atoms with E-state index in [0.29, 0.717) is 19.3 Å². The third kappa shape index (κ3) is 4.23. The second kappa shape index (κ2) is 9.73. The van der Waals surface area contributed by atoms with Gasteiger partial charge in [-0.15, -0.1) is 0 Å². The van der Waals surface area contributed by atoms with Crippen LogP contribution in [0.4, 0.5) is 0 Å². The van der Waals surface area contributed by atoms with E-state index in [1.165, 1.54) is 13.8 Å². The summed E-state index contributed by atoms with van der Waals surface area (Å²) < 4.78 is 16.9. The van der Waals surface area contributed by atoms with Gasteiger partial charge in [-0.3, -0.25) is 14.4 Å². The standard InChI is InChI=1S/C26H41IO9/c1-8-34-18(31)10-9-15(27)23(5)13-17(30)26(33)24(6)16(29)11-12-22(3,4)20(24)19(32)21(35-14(2)28)25(26,7)36-23/h15-16,19-21,29,32-33H,8-13H2,1-7H3/t15-,16+,19+,20+,21+,23-,24+,25-,26+/m1/s1. The molecule has 9 atom stereocenters. The highest BCUT2D eigenvalue weighted by atomic mass is 127. The molecule has 2 saturated carbocycles. The zero-order valence-corrected chi connectivity index (χ0v) is 24.5. The third-order valence-corrected chi connectivity index (χ3v) is 11.1. The van der Waals surface area contributed by atoms with Gasteiger partial charge in [0, 0.05) is 35.0 Å². The lowest BCUT2D eigenvalue weighted by atomic mass is 9.39. The summed E-state index contributed by atoms with van der Waals surface area (Å²) in [4.78, 5) is 38.3. The summed E-state index contributed by atoms with van der Waals surface area (Å²) in [6.45, 7) is 11.9. The third-order valence-electron chi connectivity index (χ3n) is 9.16. The van der Waals surface area contributed by atoms with Crippen LogP contribution in [-0.2, 0) is 28.6 Å². The molecule has 36 heavy (non-hydrogen) atoms. The van der Waals surface area contributed by atoms with Gasteiger partial charge < -0.3 is 29.5 Å². The lowest BCUT2D eigenvalue weighted by molar-refractivity contribution is -0.374. The maximum Gasteiger partial charge on any atom is 0.305 e. The van der Waals surface area contributed by atoms with Gasteiger partial charge in [-0.2, -0.15) is 0 Å². The first-order chi connectivity index (χ1) is 16.4. The van der Waals surface area contributed by atoms with E-state index < -0.39 is 63.6 Å². The van der Waals surface area contributed by atoms with Crippen molar-refractivity contribution < 1.29 is 43.9 Å². The predicted molar refractivity (Wildman–Crippen MR) is 138 cm³/mol. The summed E-state index contributed by atoms with van der Waals surface area (Å²) in [6, 6.07) is 0. The minimum atomic E-state index is -2.25. The molecule has 3 rings (SSSR count). The van der Waals surface area contributed by atoms with Crippen molar-refractivity contribution in [2.75, 3.05) is 6.61 Å². The summed E-state index contributed by atoms with van der Waals surface area (Å²) in [6.07, 6.45) is -2.57. The summed E-state index contributed by atoms with van der Waals surface area (Å²) >= 11 is 2.13. The van der Waals surface area contributed by atoms with E-state index in [1.807, 2.05) is 13.8 Å². The Morgan fingerprint density at radius 2 is 1.81 bits per heavy atom. The molecule has 3 N–H and O–H groups in total. The number of esters is 2. The molecule has 2 aliphatic carbocycles. The van der Waals surface area contributed by atoms with Crippen molar-refractivity contribution in [2.24, 2.45) is 16.7 Å². The van der Waals surface area contributed by atoms with Gasteiger partial charge in [-0.25, -0.2) is 0 Å². The van der Waals surface area contributed by atoms with Crippen molar-refractivity contribution in [3.05, 3.63) is 0 Å². The number of Topliss-reactive ketones (excluding diaryl/α,β-unsaturated/α-hetero) is 1. The number of ether oxygens (including phenoxy) is 3. The molecule has 0 aromatic heterocycles. The van der Waals surface area contributed by atoms with Crippen molar-refractivity contribution in [1.29, 1.82) is 0 Å². The molecule has 0 bridgehead atoms. The number of carbonyl (C=O) groups is 3. The molecule has 1 heterocycles. The summed E-state index contributed by atoms with van der Waals surface area (Å²) in [5.74, 6) is -2.34. The van der Waals surface area contributed by atoms with Crippen molar-refractivity contribution in [3.8, 4) is 0 Å². The second-order valence-corrected chi connectivity index (χ2v) is 13.5. The van der Waals surface area contributed by atoms with Crippen molar-refractivity contribution >= 4 is 40.3 Å². The van der Waals surface area contributed by atoms with Crippen LogP contribution in [-0.4, -0.2) is 78.7 Å². The van der Waals surface area contributed by atoms with Gasteiger partial charge in [0.25, 0.3) is 0 Å². The number of hydrogen-bond donors (Lipinski definition) is 3. The van der Waals surface area contributed by atoms with E-state index in [2.05, 4.69) is 22.6 Å². The Bertz CT molecular complexity index is 908. The highest BCUT2D eigenvalue weighted by Gasteiger charge is 2.81. The Hall–Kier alpha value is -0.820. The molecule has 3 fully saturated rings. The minimum absolute atomic E-state index is 0.123. The van der Waals surface area contributed by atoms with E-state index in [0.717, 1.165) is 0 Å². The number of aliphatic hydroxyl groups excluding tert-OH is 2. The normalized spacial score (nSPS) is 44.7. The summed E-state index contributed by atoms with van der Waals surface area (Å²) in [5.41, 5.74) is -7.31. The van der Waals surface area contributed by atoms with E-state index >= 15 is 0 Å². The molecule has 206 valence electrons. The van der Waals surface area contributed by atoms with E-state index in [4.69, 9.17) is 14.2 Å². The fourth-order valence-corrected chi connectivity index (χ4v) is 8.16. The van der Waals surface area contributed by atoms with Crippen molar-refractivity contribution in [3.63, 3.8) is 0 Å². The van der Waals surface area contributed by atoms with Crippen LogP contribution in [0.15, 0.2) is 0 Å². The fourth-order valence-electron chi connectivity index (χ4n) is 7.50. The van der Waals surface area contributed by atoms with Gasteiger partial charge in [0.05, 0.1) is 24.4 Å². The van der Waals surface area contributed by atoms with Gasteiger partial charge in [-0.05, 0) is 45.4 Å². The average molecular weight is 625 g/mol. The number of fused-ring (bicyclic) bond motifs is 3. The fraction of sp³-hybridized carbons (Fsp3) is 0.885. The van der Waals surface area contributed by atoms with Gasteiger partial charge in [0.15, 0.2) is 17.5 Å². The first-order valence-corrected chi connectivity index (χ1v) is 14.0. The molecule has 0 aromatic rings. The van der Waals surface area contributed by atoms with Crippen LogP contribution < -0.4 is 0 Å². The van der Waals surface area contributed by atoms with Gasteiger partial charge in [0.2, 0.25) is 0 Å². The highest BCUT2D eigenvalue weighted by Crippen LogP contribution is 2.67. The van der Waals surface area contributed by atoms with E-state index in [1.54, 1.807) is 20.8 Å². The van der Waals surface area contributed by atoms with E-state index in [9.17, 15) is 29.7 Å². The number of aliphatic hydroxyl groups is 3. The minimum Gasteiger partial charge on any atom is -0.466 e. The Balaban J connectivity index is 2.13. The Labute approximate surface area is 226 Å². The zero-order valence-electron chi connectivity index (χ0n) is 22.3. The van der Waals surface area contributed by atoms with Crippen LogP contribution >= 0.6 is 22.6 Å². The van der Waals surface area contributed by atoms with Crippen LogP contribution in [0.25, 0.3) is 0 Å². The maximum atomic E-state index is 14.1. The van der Waals surface area contributed by atoms with Crippen LogP contribution in [0.2, 0.25) is 0 Å². The first-order valence-electron chi connectivity index (χ1n) is 12.7. The van der Waals surface area contributed by atoms with Gasteiger partial charge in [-0.1, -0.05) is 43.4 Å². The molecule has 0 radical (unpaired) electrons. The Morgan fingerprint density at radius 1 is 1.19 bits per heavy atom.